The van der Waals surface area contributed by atoms with Crippen LogP contribution in [0, 0.1) is 11.5 Å². The molecule has 0 aliphatic rings. The van der Waals surface area contributed by atoms with Gasteiger partial charge in [0.15, 0.2) is 6.19 Å². The third kappa shape index (κ3) is 3.89. The number of hydrogen-bond donors (Lipinski definition) is 1. The summed E-state index contributed by atoms with van der Waals surface area (Å²) in [4.78, 5) is 12.6. The van der Waals surface area contributed by atoms with Gasteiger partial charge in [-0.05, 0) is 24.3 Å². The molecule has 0 aliphatic carbocycles. The number of nitrogens with zero attached hydrogens (tertiary/aromatic N) is 4. The highest BCUT2D eigenvalue weighted by atomic mass is 15.0. The minimum absolute atomic E-state index is 0.534. The summed E-state index contributed by atoms with van der Waals surface area (Å²) < 4.78 is 0. The molecule has 2 heterocycles. The van der Waals surface area contributed by atoms with Gasteiger partial charge in [-0.2, -0.15) is 5.26 Å². The van der Waals surface area contributed by atoms with E-state index in [9.17, 15) is 0 Å². The number of aliphatic imine (C=N–C) groups is 1. The molecule has 2 rings (SSSR count). The van der Waals surface area contributed by atoms with E-state index in [-0.39, 0.29) is 0 Å². The van der Waals surface area contributed by atoms with Gasteiger partial charge in [0.2, 0.25) is 0 Å². The fourth-order valence-corrected chi connectivity index (χ4v) is 1.59. The first-order valence-electron chi connectivity index (χ1n) is 5.90. The van der Waals surface area contributed by atoms with Crippen LogP contribution in [0.15, 0.2) is 53.9 Å². The third-order valence-corrected chi connectivity index (χ3v) is 2.47. The van der Waals surface area contributed by atoms with Crippen LogP contribution in [-0.2, 0) is 6.42 Å². The molecule has 0 spiro atoms. The number of nitriles is 1. The van der Waals surface area contributed by atoms with Crippen molar-refractivity contribution >= 4 is 5.84 Å². The predicted octanol–water partition coefficient (Wildman–Crippen LogP) is 1.54. The molecule has 5 heteroatoms. The summed E-state index contributed by atoms with van der Waals surface area (Å²) in [5, 5.41) is 11.3. The van der Waals surface area contributed by atoms with Gasteiger partial charge in [0, 0.05) is 42.8 Å². The zero-order chi connectivity index (χ0) is 13.3. The summed E-state index contributed by atoms with van der Waals surface area (Å²) in [6.07, 6.45) is 7.74. The fourth-order valence-electron chi connectivity index (χ4n) is 1.59. The Balaban J connectivity index is 2.04. The molecule has 0 amide bonds. The predicted molar refractivity (Wildman–Crippen MR) is 72.3 cm³/mol. The second-order valence-electron chi connectivity index (χ2n) is 3.78. The van der Waals surface area contributed by atoms with Crippen LogP contribution in [0.1, 0.15) is 11.3 Å². The summed E-state index contributed by atoms with van der Waals surface area (Å²) in [7, 11) is 0. The van der Waals surface area contributed by atoms with E-state index in [4.69, 9.17) is 5.26 Å². The summed E-state index contributed by atoms with van der Waals surface area (Å²) in [5.41, 5.74) is 1.78. The Morgan fingerprint density at radius 3 is 2.89 bits per heavy atom. The molecule has 94 valence electrons. The molecule has 5 nitrogen and oxygen atoms in total. The van der Waals surface area contributed by atoms with Crippen molar-refractivity contribution in [2.45, 2.75) is 6.42 Å². The van der Waals surface area contributed by atoms with Crippen molar-refractivity contribution in [2.24, 2.45) is 4.99 Å². The smallest absolute Gasteiger partial charge is 0.182 e. The van der Waals surface area contributed by atoms with Crippen LogP contribution in [0.5, 0.6) is 0 Å². The van der Waals surface area contributed by atoms with Gasteiger partial charge in [-0.3, -0.25) is 20.3 Å². The fraction of sp³-hybridized carbons (Fsp3) is 0.143. The molecule has 0 aromatic carbocycles. The molecule has 0 radical (unpaired) electrons. The Labute approximate surface area is 111 Å². The summed E-state index contributed by atoms with van der Waals surface area (Å²) in [5.74, 6) is 0.534. The van der Waals surface area contributed by atoms with Gasteiger partial charge in [0.25, 0.3) is 0 Å². The van der Waals surface area contributed by atoms with Crippen molar-refractivity contribution in [3.8, 4) is 6.19 Å². The first-order chi connectivity index (χ1) is 9.40. The molecule has 19 heavy (non-hydrogen) atoms. The Hall–Kier alpha value is -2.74. The SMILES string of the molecule is N#CNC(=NCCc1ccccn1)c1cccnc1. The van der Waals surface area contributed by atoms with Crippen LogP contribution in [0.4, 0.5) is 0 Å². The minimum Gasteiger partial charge on any atom is -0.277 e. The second kappa shape index (κ2) is 6.87. The van der Waals surface area contributed by atoms with Crippen LogP contribution >= 0.6 is 0 Å². The molecule has 1 N–H and O–H groups in total. The number of rotatable bonds is 4. The molecular formula is C14H13N5. The lowest BCUT2D eigenvalue weighted by molar-refractivity contribution is 0.917. The van der Waals surface area contributed by atoms with Crippen molar-refractivity contribution in [2.75, 3.05) is 6.54 Å². The normalized spacial score (nSPS) is 10.8. The Morgan fingerprint density at radius 2 is 2.21 bits per heavy atom. The van der Waals surface area contributed by atoms with E-state index >= 15 is 0 Å². The molecule has 0 unspecified atom stereocenters. The van der Waals surface area contributed by atoms with E-state index in [0.29, 0.717) is 12.4 Å². The molecule has 0 fully saturated rings. The molecule has 2 aromatic rings. The number of hydrogen-bond acceptors (Lipinski definition) is 4. The van der Waals surface area contributed by atoms with Crippen LogP contribution < -0.4 is 5.32 Å². The standard InChI is InChI=1S/C14H13N5/c15-11-19-14(12-4-3-7-16-10-12)18-9-6-13-5-1-2-8-17-13/h1-5,7-8,10H,6,9H2,(H,18,19). The van der Waals surface area contributed by atoms with E-state index in [0.717, 1.165) is 17.7 Å². The maximum Gasteiger partial charge on any atom is 0.182 e. The lowest BCUT2D eigenvalue weighted by Gasteiger charge is -2.03. The molecule has 0 atom stereocenters. The van der Waals surface area contributed by atoms with E-state index in [1.165, 1.54) is 0 Å². The maximum atomic E-state index is 8.74. The van der Waals surface area contributed by atoms with Crippen LogP contribution in [0.3, 0.4) is 0 Å². The topological polar surface area (TPSA) is 74.0 Å². The monoisotopic (exact) mass is 251 g/mol. The lowest BCUT2D eigenvalue weighted by Crippen LogP contribution is -2.20. The van der Waals surface area contributed by atoms with Gasteiger partial charge in [-0.15, -0.1) is 0 Å². The summed E-state index contributed by atoms with van der Waals surface area (Å²) in [6.45, 7) is 0.565. The van der Waals surface area contributed by atoms with Crippen molar-refractivity contribution in [3.63, 3.8) is 0 Å². The first kappa shape index (κ1) is 12.7. The van der Waals surface area contributed by atoms with Crippen molar-refractivity contribution in [3.05, 3.63) is 60.2 Å². The first-order valence-corrected chi connectivity index (χ1v) is 5.90. The summed E-state index contributed by atoms with van der Waals surface area (Å²) in [6, 6.07) is 9.45. The van der Waals surface area contributed by atoms with Gasteiger partial charge in [0.05, 0.1) is 0 Å². The van der Waals surface area contributed by atoms with Gasteiger partial charge >= 0.3 is 0 Å². The zero-order valence-electron chi connectivity index (χ0n) is 10.3. The summed E-state index contributed by atoms with van der Waals surface area (Å²) >= 11 is 0. The average Bonchev–Trinajstić information content (AvgIpc) is 2.48. The van der Waals surface area contributed by atoms with E-state index < -0.39 is 0 Å². The zero-order valence-corrected chi connectivity index (χ0v) is 10.3. The number of pyridine rings is 2. The molecule has 0 bridgehead atoms. The lowest BCUT2D eigenvalue weighted by atomic mass is 10.2. The van der Waals surface area contributed by atoms with Crippen molar-refractivity contribution in [1.82, 2.24) is 15.3 Å². The molecule has 0 saturated carbocycles. The number of amidine groups is 1. The Kier molecular flexibility index (Phi) is 4.59. The van der Waals surface area contributed by atoms with Gasteiger partial charge in [0.1, 0.15) is 5.84 Å². The molecule has 0 aliphatic heterocycles. The third-order valence-electron chi connectivity index (χ3n) is 2.47. The van der Waals surface area contributed by atoms with Gasteiger partial charge < -0.3 is 0 Å². The van der Waals surface area contributed by atoms with Crippen LogP contribution in [-0.4, -0.2) is 22.3 Å². The highest BCUT2D eigenvalue weighted by molar-refractivity contribution is 5.99. The number of nitrogens with one attached hydrogen (secondary N) is 1. The highest BCUT2D eigenvalue weighted by Gasteiger charge is 2.02. The Bertz CT molecular complexity index is 572. The number of aromatic nitrogens is 2. The van der Waals surface area contributed by atoms with E-state index in [2.05, 4.69) is 20.3 Å². The average molecular weight is 251 g/mol. The van der Waals surface area contributed by atoms with Crippen molar-refractivity contribution in [1.29, 1.82) is 5.26 Å². The second-order valence-corrected chi connectivity index (χ2v) is 3.78. The van der Waals surface area contributed by atoms with Gasteiger partial charge in [-0.1, -0.05) is 6.07 Å². The maximum absolute atomic E-state index is 8.74. The van der Waals surface area contributed by atoms with E-state index in [1.54, 1.807) is 18.6 Å². The van der Waals surface area contributed by atoms with E-state index in [1.807, 2.05) is 36.5 Å². The minimum atomic E-state index is 0.534. The highest BCUT2D eigenvalue weighted by Crippen LogP contribution is 1.99. The van der Waals surface area contributed by atoms with Crippen LogP contribution in [0.2, 0.25) is 0 Å². The van der Waals surface area contributed by atoms with Crippen molar-refractivity contribution < 1.29 is 0 Å². The van der Waals surface area contributed by atoms with Crippen LogP contribution in [0.25, 0.3) is 0 Å². The molecule has 0 saturated heterocycles. The largest absolute Gasteiger partial charge is 0.277 e. The quantitative estimate of drug-likeness (QED) is 0.387. The van der Waals surface area contributed by atoms with Gasteiger partial charge in [-0.25, -0.2) is 0 Å². The molecule has 2 aromatic heterocycles. The molecular weight excluding hydrogens is 238 g/mol. The Morgan fingerprint density at radius 1 is 1.26 bits per heavy atom.